The lowest BCUT2D eigenvalue weighted by molar-refractivity contribution is 0.0689. The van der Waals surface area contributed by atoms with Crippen molar-refractivity contribution in [3.05, 3.63) is 23.5 Å². The first kappa shape index (κ1) is 8.99. The third-order valence-corrected chi connectivity index (χ3v) is 2.08. The summed E-state index contributed by atoms with van der Waals surface area (Å²) in [5, 5.41) is 8.75. The van der Waals surface area contributed by atoms with Crippen LogP contribution in [0.2, 0.25) is 0 Å². The predicted molar refractivity (Wildman–Crippen MR) is 49.6 cm³/mol. The van der Waals surface area contributed by atoms with E-state index in [1.165, 1.54) is 6.20 Å². The average Bonchev–Trinajstić information content (AvgIpc) is 2.87. The maximum Gasteiger partial charge on any atom is 0.354 e. The zero-order valence-corrected chi connectivity index (χ0v) is 7.86. The maximum absolute atomic E-state index is 10.7. The monoisotopic (exact) mass is 193 g/mol. The molecule has 0 bridgehead atoms. The van der Waals surface area contributed by atoms with Crippen molar-refractivity contribution in [3.63, 3.8) is 0 Å². The molecular formula is C10H11NO3. The van der Waals surface area contributed by atoms with Crippen LogP contribution in [0, 0.1) is 6.92 Å². The van der Waals surface area contributed by atoms with Crippen LogP contribution >= 0.6 is 0 Å². The first-order valence-corrected chi connectivity index (χ1v) is 4.53. The number of hydrogen-bond donors (Lipinski definition) is 1. The summed E-state index contributed by atoms with van der Waals surface area (Å²) in [6.07, 6.45) is 3.95. The van der Waals surface area contributed by atoms with E-state index < -0.39 is 5.97 Å². The molecule has 0 aromatic carbocycles. The SMILES string of the molecule is Cc1cc(OC2CC2)cnc1C(=O)O. The minimum absolute atomic E-state index is 0.0909. The van der Waals surface area contributed by atoms with Crippen LogP contribution in [-0.4, -0.2) is 22.2 Å². The Morgan fingerprint density at radius 1 is 1.64 bits per heavy atom. The highest BCUT2D eigenvalue weighted by Gasteiger charge is 2.24. The molecule has 1 saturated carbocycles. The van der Waals surface area contributed by atoms with Crippen LogP contribution in [0.1, 0.15) is 28.9 Å². The minimum atomic E-state index is -1.000. The molecule has 0 radical (unpaired) electrons. The smallest absolute Gasteiger partial charge is 0.354 e. The van der Waals surface area contributed by atoms with Gasteiger partial charge in [-0.1, -0.05) is 0 Å². The van der Waals surface area contributed by atoms with Crippen molar-refractivity contribution in [3.8, 4) is 5.75 Å². The average molecular weight is 193 g/mol. The van der Waals surface area contributed by atoms with Gasteiger partial charge in [-0.25, -0.2) is 9.78 Å². The Morgan fingerprint density at radius 3 is 2.86 bits per heavy atom. The minimum Gasteiger partial charge on any atom is -0.489 e. The molecule has 1 fully saturated rings. The highest BCUT2D eigenvalue weighted by atomic mass is 16.5. The number of rotatable bonds is 3. The van der Waals surface area contributed by atoms with Crippen molar-refractivity contribution < 1.29 is 14.6 Å². The Bertz CT molecular complexity index is 372. The molecule has 0 amide bonds. The quantitative estimate of drug-likeness (QED) is 0.792. The highest BCUT2D eigenvalue weighted by Crippen LogP contribution is 2.26. The van der Waals surface area contributed by atoms with Gasteiger partial charge in [0.2, 0.25) is 0 Å². The van der Waals surface area contributed by atoms with Gasteiger partial charge in [-0.2, -0.15) is 0 Å². The molecule has 0 atom stereocenters. The number of aromatic carboxylic acids is 1. The summed E-state index contributed by atoms with van der Waals surface area (Å²) in [5.41, 5.74) is 0.726. The maximum atomic E-state index is 10.7. The van der Waals surface area contributed by atoms with Crippen LogP contribution < -0.4 is 4.74 Å². The van der Waals surface area contributed by atoms with E-state index in [4.69, 9.17) is 9.84 Å². The normalized spacial score (nSPS) is 15.2. The molecule has 4 heteroatoms. The molecule has 1 aliphatic rings. The molecule has 0 saturated heterocycles. The summed E-state index contributed by atoms with van der Waals surface area (Å²) in [4.78, 5) is 14.5. The molecule has 1 heterocycles. The Hall–Kier alpha value is -1.58. The summed E-state index contributed by atoms with van der Waals surface area (Å²) in [7, 11) is 0. The number of aryl methyl sites for hydroxylation is 1. The van der Waals surface area contributed by atoms with Gasteiger partial charge in [0, 0.05) is 0 Å². The summed E-state index contributed by atoms with van der Waals surface area (Å²) in [6.45, 7) is 1.72. The molecule has 0 unspecified atom stereocenters. The highest BCUT2D eigenvalue weighted by molar-refractivity contribution is 5.87. The topological polar surface area (TPSA) is 59.4 Å². The molecular weight excluding hydrogens is 182 g/mol. The van der Waals surface area contributed by atoms with Crippen molar-refractivity contribution in [1.29, 1.82) is 0 Å². The molecule has 4 nitrogen and oxygen atoms in total. The number of pyridine rings is 1. The number of carboxylic acid groups (broad SMARTS) is 1. The predicted octanol–water partition coefficient (Wildman–Crippen LogP) is 1.63. The zero-order valence-electron chi connectivity index (χ0n) is 7.86. The second-order valence-electron chi connectivity index (χ2n) is 3.46. The van der Waals surface area contributed by atoms with Gasteiger partial charge < -0.3 is 9.84 Å². The molecule has 14 heavy (non-hydrogen) atoms. The third-order valence-electron chi connectivity index (χ3n) is 2.08. The summed E-state index contributed by atoms with van der Waals surface area (Å²) >= 11 is 0. The largest absolute Gasteiger partial charge is 0.489 e. The van der Waals surface area contributed by atoms with Crippen LogP contribution in [0.15, 0.2) is 12.3 Å². The standard InChI is InChI=1S/C10H11NO3/c1-6-4-8(14-7-2-3-7)5-11-9(6)10(12)13/h4-5,7H,2-3H2,1H3,(H,12,13). The number of hydrogen-bond acceptors (Lipinski definition) is 3. The van der Waals surface area contributed by atoms with Crippen LogP contribution in [0.5, 0.6) is 5.75 Å². The Labute approximate surface area is 81.5 Å². The first-order valence-electron chi connectivity index (χ1n) is 4.53. The number of nitrogens with zero attached hydrogens (tertiary/aromatic N) is 1. The van der Waals surface area contributed by atoms with Crippen molar-refractivity contribution in [2.75, 3.05) is 0 Å². The molecule has 1 N–H and O–H groups in total. The Kier molecular flexibility index (Phi) is 2.11. The number of carboxylic acids is 1. The van der Waals surface area contributed by atoms with Crippen LogP contribution in [0.25, 0.3) is 0 Å². The van der Waals surface area contributed by atoms with Crippen LogP contribution in [0.3, 0.4) is 0 Å². The van der Waals surface area contributed by atoms with E-state index in [1.807, 2.05) is 0 Å². The van der Waals surface area contributed by atoms with E-state index in [1.54, 1.807) is 13.0 Å². The van der Waals surface area contributed by atoms with Gasteiger partial charge in [0.25, 0.3) is 0 Å². The zero-order chi connectivity index (χ0) is 10.1. The molecule has 1 aromatic rings. The fourth-order valence-corrected chi connectivity index (χ4v) is 1.22. The van der Waals surface area contributed by atoms with Gasteiger partial charge in [-0.05, 0) is 31.4 Å². The second kappa shape index (κ2) is 3.29. The van der Waals surface area contributed by atoms with E-state index in [0.717, 1.165) is 12.8 Å². The fraction of sp³-hybridized carbons (Fsp3) is 0.400. The van der Waals surface area contributed by atoms with E-state index in [0.29, 0.717) is 17.4 Å². The van der Waals surface area contributed by atoms with Crippen LogP contribution in [-0.2, 0) is 0 Å². The second-order valence-corrected chi connectivity index (χ2v) is 3.46. The number of carbonyl (C=O) groups is 1. The first-order chi connectivity index (χ1) is 6.66. The van der Waals surface area contributed by atoms with Gasteiger partial charge in [0.05, 0.1) is 12.3 Å². The lowest BCUT2D eigenvalue weighted by Crippen LogP contribution is -2.04. The summed E-state index contributed by atoms with van der Waals surface area (Å²) in [6, 6.07) is 1.72. The Morgan fingerprint density at radius 2 is 2.36 bits per heavy atom. The van der Waals surface area contributed by atoms with Crippen molar-refractivity contribution >= 4 is 5.97 Å². The van der Waals surface area contributed by atoms with Crippen molar-refractivity contribution in [1.82, 2.24) is 4.98 Å². The van der Waals surface area contributed by atoms with E-state index >= 15 is 0 Å². The lowest BCUT2D eigenvalue weighted by atomic mass is 10.2. The molecule has 0 aliphatic heterocycles. The molecule has 74 valence electrons. The number of aromatic nitrogens is 1. The molecule has 2 rings (SSSR count). The van der Waals surface area contributed by atoms with E-state index in [-0.39, 0.29) is 5.69 Å². The van der Waals surface area contributed by atoms with Crippen molar-refractivity contribution in [2.45, 2.75) is 25.9 Å². The van der Waals surface area contributed by atoms with Gasteiger partial charge in [0.15, 0.2) is 5.69 Å². The summed E-state index contributed by atoms with van der Waals surface area (Å²) in [5.74, 6) is -0.338. The van der Waals surface area contributed by atoms with Gasteiger partial charge in [0.1, 0.15) is 5.75 Å². The third kappa shape index (κ3) is 1.84. The molecule has 1 aliphatic carbocycles. The van der Waals surface area contributed by atoms with Gasteiger partial charge in [-0.3, -0.25) is 0 Å². The lowest BCUT2D eigenvalue weighted by Gasteiger charge is -2.05. The van der Waals surface area contributed by atoms with Gasteiger partial charge in [-0.15, -0.1) is 0 Å². The van der Waals surface area contributed by atoms with Crippen LogP contribution in [0.4, 0.5) is 0 Å². The van der Waals surface area contributed by atoms with E-state index in [2.05, 4.69) is 4.98 Å². The molecule has 1 aromatic heterocycles. The van der Waals surface area contributed by atoms with E-state index in [9.17, 15) is 4.79 Å². The summed E-state index contributed by atoms with van der Waals surface area (Å²) < 4.78 is 5.49. The Balaban J connectivity index is 2.20. The van der Waals surface area contributed by atoms with Gasteiger partial charge >= 0.3 is 5.97 Å². The fourth-order valence-electron chi connectivity index (χ4n) is 1.22. The molecule has 0 spiro atoms. The van der Waals surface area contributed by atoms with Crippen molar-refractivity contribution in [2.24, 2.45) is 0 Å². The number of ether oxygens (including phenoxy) is 1.